The number of piperidine rings is 2. The molecule has 6 heterocycles. The Morgan fingerprint density at radius 3 is 2.71 bits per heavy atom. The Labute approximate surface area is 394 Å². The van der Waals surface area contributed by atoms with Gasteiger partial charge in [0.2, 0.25) is 17.7 Å². The number of unbranched alkanes of at least 4 members (excludes halogenated alkanes) is 1. The van der Waals surface area contributed by atoms with Crippen LogP contribution in [0.4, 0.5) is 0 Å². The van der Waals surface area contributed by atoms with E-state index in [9.17, 15) is 29.2 Å². The lowest BCUT2D eigenvalue weighted by molar-refractivity contribution is -0.136. The van der Waals surface area contributed by atoms with Crippen molar-refractivity contribution in [3.63, 3.8) is 0 Å². The number of benzene rings is 2. The monoisotopic (exact) mass is 919 g/mol. The Balaban J connectivity index is 0.778. The average Bonchev–Trinajstić information content (AvgIpc) is 3.37. The van der Waals surface area contributed by atoms with E-state index in [4.69, 9.17) is 9.72 Å². The molecule has 6 unspecified atom stereocenters. The van der Waals surface area contributed by atoms with Gasteiger partial charge < -0.3 is 20.3 Å². The molecule has 4 amide bonds. The highest BCUT2D eigenvalue weighted by atomic mass is 16.5. The topological polar surface area (TPSA) is 225 Å². The highest BCUT2D eigenvalue weighted by Gasteiger charge is 2.50. The number of piperazine rings is 1. The molecule has 352 valence electrons. The maximum absolute atomic E-state index is 13.7. The summed E-state index contributed by atoms with van der Waals surface area (Å²) in [6.45, 7) is 5.82. The number of allylic oxidation sites excluding steroid dienone is 3. The summed E-state index contributed by atoms with van der Waals surface area (Å²) in [6, 6.07) is 16.9. The molecule has 3 saturated heterocycles. The first-order chi connectivity index (χ1) is 33.0. The zero-order valence-corrected chi connectivity index (χ0v) is 38.2. The van der Waals surface area contributed by atoms with Gasteiger partial charge in [0.1, 0.15) is 11.5 Å². The molecule has 6 atom stereocenters. The van der Waals surface area contributed by atoms with E-state index in [1.165, 1.54) is 10.8 Å². The minimum absolute atomic E-state index is 0.115. The first-order valence-electron chi connectivity index (χ1n) is 23.7. The summed E-state index contributed by atoms with van der Waals surface area (Å²) in [7, 11) is 0. The Hall–Kier alpha value is -6.87. The highest BCUT2D eigenvalue weighted by Crippen LogP contribution is 2.43. The molecule has 9 rings (SSSR count). The molecule has 0 bridgehead atoms. The van der Waals surface area contributed by atoms with E-state index in [1.807, 2.05) is 71.7 Å². The van der Waals surface area contributed by atoms with E-state index in [0.717, 1.165) is 55.5 Å². The number of nitriles is 1. The standard InChI is InChI=1S/C51H57N11O6/c1-33-39-13-12-35(27-40(39)49(67)62(59-33)42-14-15-43(63)56-48(42)66)41-30-61(25-24-54-41)46(65)11-4-3-9-37-29-53-22-17-38(37)31-68-45-18-23-55-47(57-45)36-10-7-8-34(26-36)28-51(21-16-44(64)58-60-51)50(32-52)19-5-2-6-20-50/h2,5-8,10,12-13,16,18-19,21,23,26-27,37-38,41-42,53-54,60H,3-4,9,11,14-15,17,20,22,24-25,28-31H2,1H3,(H,58,64)(H,56,63,66). The predicted octanol–water partition coefficient (Wildman–Crippen LogP) is 3.98. The quantitative estimate of drug-likeness (QED) is 0.0893. The molecule has 2 aromatic heterocycles. The zero-order chi connectivity index (χ0) is 47.3. The van der Waals surface area contributed by atoms with Crippen molar-refractivity contribution in [2.75, 3.05) is 39.3 Å². The van der Waals surface area contributed by atoms with Gasteiger partial charge in [-0.2, -0.15) is 15.3 Å². The Morgan fingerprint density at radius 1 is 1.00 bits per heavy atom. The van der Waals surface area contributed by atoms with Crippen LogP contribution in [0.15, 0.2) is 96.0 Å². The van der Waals surface area contributed by atoms with Crippen LogP contribution in [0.1, 0.15) is 80.3 Å². The second kappa shape index (κ2) is 20.2. The summed E-state index contributed by atoms with van der Waals surface area (Å²) in [6.07, 6.45) is 18.0. The van der Waals surface area contributed by atoms with Crippen LogP contribution in [0.3, 0.4) is 0 Å². The fraction of sp³-hybridized carbons (Fsp3) is 0.431. The molecule has 4 aliphatic heterocycles. The van der Waals surface area contributed by atoms with E-state index in [2.05, 4.69) is 43.0 Å². The normalized spacial score (nSPS) is 26.0. The number of nitrogens with zero attached hydrogens (tertiary/aromatic N) is 6. The summed E-state index contributed by atoms with van der Waals surface area (Å²) in [5, 5.41) is 25.4. The second-order valence-electron chi connectivity index (χ2n) is 18.6. The molecule has 17 nitrogen and oxygen atoms in total. The molecule has 4 aromatic rings. The molecule has 1 aliphatic carbocycles. The maximum Gasteiger partial charge on any atom is 0.275 e. The fourth-order valence-electron chi connectivity index (χ4n) is 10.4. The smallest absolute Gasteiger partial charge is 0.275 e. The van der Waals surface area contributed by atoms with Gasteiger partial charge >= 0.3 is 0 Å². The van der Waals surface area contributed by atoms with E-state index in [0.29, 0.717) is 85.5 Å². The molecule has 0 radical (unpaired) electrons. The number of ether oxygens (including phenoxy) is 1. The van der Waals surface area contributed by atoms with Crippen molar-refractivity contribution in [1.29, 1.82) is 5.26 Å². The van der Waals surface area contributed by atoms with Gasteiger partial charge in [-0.05, 0) is 93.6 Å². The van der Waals surface area contributed by atoms with E-state index >= 15 is 0 Å². The highest BCUT2D eigenvalue weighted by molar-refractivity contribution is 5.99. The zero-order valence-electron chi connectivity index (χ0n) is 38.2. The minimum Gasteiger partial charge on any atom is -0.477 e. The number of carbonyl (C=O) groups is 4. The number of hydrazine groups is 1. The van der Waals surface area contributed by atoms with Gasteiger partial charge in [-0.1, -0.05) is 67.1 Å². The Morgan fingerprint density at radius 2 is 1.90 bits per heavy atom. The average molecular weight is 920 g/mol. The van der Waals surface area contributed by atoms with Gasteiger partial charge in [-0.25, -0.2) is 15.1 Å². The van der Waals surface area contributed by atoms with Crippen molar-refractivity contribution in [2.45, 2.75) is 82.3 Å². The van der Waals surface area contributed by atoms with Crippen LogP contribution in [0.5, 0.6) is 5.88 Å². The lowest BCUT2D eigenvalue weighted by Gasteiger charge is -2.45. The van der Waals surface area contributed by atoms with Crippen LogP contribution >= 0.6 is 0 Å². The van der Waals surface area contributed by atoms with E-state index < -0.39 is 22.9 Å². The minimum atomic E-state index is -0.924. The lowest BCUT2D eigenvalue weighted by Crippen LogP contribution is -2.64. The maximum atomic E-state index is 13.7. The summed E-state index contributed by atoms with van der Waals surface area (Å²) >= 11 is 0. The molecule has 3 fully saturated rings. The van der Waals surface area contributed by atoms with Crippen LogP contribution in [-0.4, -0.2) is 93.1 Å². The Kier molecular flexibility index (Phi) is 13.7. The van der Waals surface area contributed by atoms with Crippen LogP contribution in [0.2, 0.25) is 0 Å². The SMILES string of the molecule is Cc1nn(C2CCC(=O)NC2=O)c(=O)c2cc(C3CN(C(=O)CCCCC4CNCCC4COc4ccnc(-c5cccc(CC6(C7(C#N)C=CC=CC7)C=CC(=O)NN6)c5)n4)CCN3)ccc12. The largest absolute Gasteiger partial charge is 0.477 e. The van der Waals surface area contributed by atoms with Crippen LogP contribution < -0.4 is 37.1 Å². The summed E-state index contributed by atoms with van der Waals surface area (Å²) in [5.74, 6) is 0.698. The van der Waals surface area contributed by atoms with Crippen molar-refractivity contribution >= 4 is 34.4 Å². The number of carbonyl (C=O) groups excluding carboxylic acids is 4. The molecule has 0 saturated carbocycles. The first-order valence-corrected chi connectivity index (χ1v) is 23.7. The number of rotatable bonds is 14. The van der Waals surface area contributed by atoms with E-state index in [1.54, 1.807) is 25.3 Å². The van der Waals surface area contributed by atoms with Crippen molar-refractivity contribution in [2.24, 2.45) is 17.3 Å². The van der Waals surface area contributed by atoms with Gasteiger partial charge in [0, 0.05) is 67.8 Å². The first kappa shape index (κ1) is 46.2. The molecular formula is C51H57N11O6. The number of amides is 4. The van der Waals surface area contributed by atoms with Gasteiger partial charge in [-0.15, -0.1) is 0 Å². The number of aromatic nitrogens is 4. The number of imide groups is 1. The molecular weight excluding hydrogens is 863 g/mol. The summed E-state index contributed by atoms with van der Waals surface area (Å²) < 4.78 is 7.57. The van der Waals surface area contributed by atoms with E-state index in [-0.39, 0.29) is 42.2 Å². The van der Waals surface area contributed by atoms with Crippen LogP contribution in [0.25, 0.3) is 22.2 Å². The molecule has 5 N–H and O–H groups in total. The van der Waals surface area contributed by atoms with Crippen molar-refractivity contribution in [1.82, 2.24) is 51.5 Å². The van der Waals surface area contributed by atoms with Crippen LogP contribution in [0, 0.1) is 35.5 Å². The Bertz CT molecular complexity index is 2800. The number of nitrogens with one attached hydrogen (secondary N) is 5. The van der Waals surface area contributed by atoms with Gasteiger partial charge in [-0.3, -0.25) is 34.7 Å². The number of hydrogen-bond acceptors (Lipinski definition) is 13. The third-order valence-electron chi connectivity index (χ3n) is 14.3. The number of fused-ring (bicyclic) bond motifs is 1. The summed E-state index contributed by atoms with van der Waals surface area (Å²) in [4.78, 5) is 75.1. The van der Waals surface area contributed by atoms with Gasteiger partial charge in [0.15, 0.2) is 5.82 Å². The van der Waals surface area contributed by atoms with Crippen molar-refractivity contribution in [3.05, 3.63) is 118 Å². The van der Waals surface area contributed by atoms with Crippen molar-refractivity contribution in [3.8, 4) is 23.3 Å². The second-order valence-corrected chi connectivity index (χ2v) is 18.6. The third kappa shape index (κ3) is 9.75. The lowest BCUT2D eigenvalue weighted by atomic mass is 9.64. The third-order valence-corrected chi connectivity index (χ3v) is 14.3. The molecule has 68 heavy (non-hydrogen) atoms. The predicted molar refractivity (Wildman–Crippen MR) is 253 cm³/mol. The molecule has 5 aliphatic rings. The summed E-state index contributed by atoms with van der Waals surface area (Å²) in [5.41, 5.74) is 6.95. The van der Waals surface area contributed by atoms with Crippen molar-refractivity contribution < 1.29 is 23.9 Å². The number of aryl methyl sites for hydroxylation is 1. The molecule has 17 heteroatoms. The van der Waals surface area contributed by atoms with Gasteiger partial charge in [0.05, 0.1) is 29.3 Å². The fourth-order valence-corrected chi connectivity index (χ4v) is 10.4. The molecule has 0 spiro atoms. The van der Waals surface area contributed by atoms with Gasteiger partial charge in [0.25, 0.3) is 17.4 Å². The van der Waals surface area contributed by atoms with Crippen LogP contribution in [-0.2, 0) is 25.6 Å². The number of hydrogen-bond donors (Lipinski definition) is 5. The molecule has 2 aromatic carbocycles.